The van der Waals surface area contributed by atoms with Gasteiger partial charge in [-0.25, -0.2) is 4.39 Å². The standard InChI is InChI=1S/C20H22FNO2/c21-18-6-8-19(9-7-18)24-15-14-22-12-10-17(11-13-22)20(23)16-4-2-1-3-5-16/h1-9,17H,10-15H2. The predicted molar refractivity (Wildman–Crippen MR) is 91.8 cm³/mol. The molecule has 0 N–H and O–H groups in total. The number of ketones is 1. The number of carbonyl (C=O) groups excluding carboxylic acids is 1. The summed E-state index contributed by atoms with van der Waals surface area (Å²) in [6.07, 6.45) is 1.79. The van der Waals surface area contributed by atoms with E-state index in [2.05, 4.69) is 4.90 Å². The molecule has 4 heteroatoms. The summed E-state index contributed by atoms with van der Waals surface area (Å²) in [4.78, 5) is 14.8. The van der Waals surface area contributed by atoms with Crippen LogP contribution >= 0.6 is 0 Å². The highest BCUT2D eigenvalue weighted by Gasteiger charge is 2.25. The number of hydrogen-bond acceptors (Lipinski definition) is 3. The number of carbonyl (C=O) groups is 1. The van der Waals surface area contributed by atoms with Crippen molar-refractivity contribution in [2.45, 2.75) is 12.8 Å². The van der Waals surface area contributed by atoms with Crippen molar-refractivity contribution in [3.05, 3.63) is 66.0 Å². The van der Waals surface area contributed by atoms with Crippen LogP contribution in [-0.4, -0.2) is 36.9 Å². The molecule has 1 aliphatic rings. The maximum Gasteiger partial charge on any atom is 0.166 e. The molecule has 1 aliphatic heterocycles. The summed E-state index contributed by atoms with van der Waals surface area (Å²) in [7, 11) is 0. The lowest BCUT2D eigenvalue weighted by atomic mass is 9.89. The highest BCUT2D eigenvalue weighted by Crippen LogP contribution is 2.21. The fourth-order valence-corrected chi connectivity index (χ4v) is 3.08. The number of halogens is 1. The van der Waals surface area contributed by atoms with Gasteiger partial charge in [-0.05, 0) is 50.2 Å². The number of benzene rings is 2. The van der Waals surface area contributed by atoms with Gasteiger partial charge in [-0.15, -0.1) is 0 Å². The quantitative estimate of drug-likeness (QED) is 0.756. The minimum absolute atomic E-state index is 0.127. The lowest BCUT2D eigenvalue weighted by Crippen LogP contribution is -2.38. The van der Waals surface area contributed by atoms with E-state index in [1.54, 1.807) is 12.1 Å². The van der Waals surface area contributed by atoms with Gasteiger partial charge in [0.2, 0.25) is 0 Å². The van der Waals surface area contributed by atoms with Crippen molar-refractivity contribution in [1.82, 2.24) is 4.90 Å². The Morgan fingerprint density at radius 1 is 1.04 bits per heavy atom. The molecule has 0 saturated carbocycles. The van der Waals surface area contributed by atoms with Crippen LogP contribution in [0.25, 0.3) is 0 Å². The molecular weight excluding hydrogens is 305 g/mol. The SMILES string of the molecule is O=C(c1ccccc1)C1CCN(CCOc2ccc(F)cc2)CC1. The number of likely N-dealkylation sites (tertiary alicyclic amines) is 1. The van der Waals surface area contributed by atoms with Crippen LogP contribution in [0.5, 0.6) is 5.75 Å². The van der Waals surface area contributed by atoms with Gasteiger partial charge in [0.1, 0.15) is 18.2 Å². The second-order valence-electron chi connectivity index (χ2n) is 6.15. The van der Waals surface area contributed by atoms with Crippen molar-refractivity contribution in [2.75, 3.05) is 26.2 Å². The summed E-state index contributed by atoms with van der Waals surface area (Å²) in [6, 6.07) is 15.6. The molecule has 3 nitrogen and oxygen atoms in total. The van der Waals surface area contributed by atoms with Gasteiger partial charge < -0.3 is 4.74 Å². The molecule has 0 atom stereocenters. The smallest absolute Gasteiger partial charge is 0.166 e. The van der Waals surface area contributed by atoms with Crippen LogP contribution in [0.3, 0.4) is 0 Å². The summed E-state index contributed by atoms with van der Waals surface area (Å²) < 4.78 is 18.5. The van der Waals surface area contributed by atoms with Gasteiger partial charge in [0, 0.05) is 18.0 Å². The van der Waals surface area contributed by atoms with E-state index in [9.17, 15) is 9.18 Å². The van der Waals surface area contributed by atoms with Crippen molar-refractivity contribution in [1.29, 1.82) is 0 Å². The minimum atomic E-state index is -0.257. The number of rotatable bonds is 6. The summed E-state index contributed by atoms with van der Waals surface area (Å²) in [5.74, 6) is 0.817. The summed E-state index contributed by atoms with van der Waals surface area (Å²) in [6.45, 7) is 3.22. The lowest BCUT2D eigenvalue weighted by molar-refractivity contribution is 0.0827. The second-order valence-corrected chi connectivity index (χ2v) is 6.15. The molecule has 1 fully saturated rings. The molecular formula is C20H22FNO2. The normalized spacial score (nSPS) is 16.0. The van der Waals surface area contributed by atoms with Crippen molar-refractivity contribution in [2.24, 2.45) is 5.92 Å². The lowest BCUT2D eigenvalue weighted by Gasteiger charge is -2.31. The number of nitrogens with zero attached hydrogens (tertiary/aromatic N) is 1. The number of piperidine rings is 1. The van der Waals surface area contributed by atoms with Crippen LogP contribution in [0, 0.1) is 11.7 Å². The molecule has 0 aromatic heterocycles. The molecule has 1 heterocycles. The Balaban J connectivity index is 1.40. The third kappa shape index (κ3) is 4.42. The van der Waals surface area contributed by atoms with E-state index < -0.39 is 0 Å². The molecule has 0 spiro atoms. The Morgan fingerprint density at radius 3 is 2.38 bits per heavy atom. The Kier molecular flexibility index (Phi) is 5.59. The first-order valence-electron chi connectivity index (χ1n) is 8.42. The monoisotopic (exact) mass is 327 g/mol. The van der Waals surface area contributed by atoms with E-state index in [0.717, 1.165) is 38.0 Å². The highest BCUT2D eigenvalue weighted by molar-refractivity contribution is 5.97. The second kappa shape index (κ2) is 8.06. The van der Waals surface area contributed by atoms with Crippen molar-refractivity contribution >= 4 is 5.78 Å². The van der Waals surface area contributed by atoms with Crippen LogP contribution in [0.1, 0.15) is 23.2 Å². The summed E-state index contributed by atoms with van der Waals surface area (Å²) in [5.41, 5.74) is 0.815. The molecule has 1 saturated heterocycles. The zero-order chi connectivity index (χ0) is 16.8. The molecule has 2 aromatic rings. The minimum Gasteiger partial charge on any atom is -0.492 e. The van der Waals surface area contributed by atoms with Crippen molar-refractivity contribution < 1.29 is 13.9 Å². The third-order valence-corrected chi connectivity index (χ3v) is 4.51. The third-order valence-electron chi connectivity index (χ3n) is 4.51. The first kappa shape index (κ1) is 16.7. The molecule has 3 rings (SSSR count). The van der Waals surface area contributed by atoms with Crippen LogP contribution in [0.4, 0.5) is 4.39 Å². The molecule has 126 valence electrons. The molecule has 24 heavy (non-hydrogen) atoms. The van der Waals surface area contributed by atoms with E-state index in [1.165, 1.54) is 12.1 Å². The largest absolute Gasteiger partial charge is 0.492 e. The van der Waals surface area contributed by atoms with Crippen molar-refractivity contribution in [3.8, 4) is 5.75 Å². The maximum atomic E-state index is 12.8. The zero-order valence-electron chi connectivity index (χ0n) is 13.7. The summed E-state index contributed by atoms with van der Waals surface area (Å²) >= 11 is 0. The number of hydrogen-bond donors (Lipinski definition) is 0. The van der Waals surface area contributed by atoms with E-state index >= 15 is 0 Å². The van der Waals surface area contributed by atoms with Gasteiger partial charge in [-0.3, -0.25) is 9.69 Å². The highest BCUT2D eigenvalue weighted by atomic mass is 19.1. The van der Waals surface area contributed by atoms with Gasteiger partial charge >= 0.3 is 0 Å². The van der Waals surface area contributed by atoms with Crippen LogP contribution in [0.15, 0.2) is 54.6 Å². The topological polar surface area (TPSA) is 29.5 Å². The Labute approximate surface area is 142 Å². The van der Waals surface area contributed by atoms with E-state index in [0.29, 0.717) is 12.4 Å². The van der Waals surface area contributed by atoms with Crippen LogP contribution < -0.4 is 4.74 Å². The molecule has 0 bridgehead atoms. The Hall–Kier alpha value is -2.20. The molecule has 0 aliphatic carbocycles. The van der Waals surface area contributed by atoms with Crippen LogP contribution in [-0.2, 0) is 0 Å². The summed E-state index contributed by atoms with van der Waals surface area (Å²) in [5, 5.41) is 0. The first-order valence-corrected chi connectivity index (χ1v) is 8.42. The van der Waals surface area contributed by atoms with E-state index in [-0.39, 0.29) is 17.5 Å². The number of ether oxygens (including phenoxy) is 1. The molecule has 2 aromatic carbocycles. The molecule has 0 amide bonds. The first-order chi connectivity index (χ1) is 11.7. The Morgan fingerprint density at radius 2 is 1.71 bits per heavy atom. The fraction of sp³-hybridized carbons (Fsp3) is 0.350. The van der Waals surface area contributed by atoms with Gasteiger partial charge in [0.25, 0.3) is 0 Å². The van der Waals surface area contributed by atoms with Crippen LogP contribution in [0.2, 0.25) is 0 Å². The average Bonchev–Trinajstić information content (AvgIpc) is 2.64. The fourth-order valence-electron chi connectivity index (χ4n) is 3.08. The van der Waals surface area contributed by atoms with E-state index in [4.69, 9.17) is 4.74 Å². The van der Waals surface area contributed by atoms with Crippen molar-refractivity contribution in [3.63, 3.8) is 0 Å². The molecule has 0 radical (unpaired) electrons. The molecule has 0 unspecified atom stereocenters. The zero-order valence-corrected chi connectivity index (χ0v) is 13.7. The van der Waals surface area contributed by atoms with Gasteiger partial charge in [0.05, 0.1) is 0 Å². The van der Waals surface area contributed by atoms with E-state index in [1.807, 2.05) is 30.3 Å². The average molecular weight is 327 g/mol. The van der Waals surface area contributed by atoms with Gasteiger partial charge in [-0.2, -0.15) is 0 Å². The Bertz CT molecular complexity index is 649. The maximum absolute atomic E-state index is 12.8. The number of Topliss-reactive ketones (excluding diaryl/α,β-unsaturated/α-hetero) is 1. The van der Waals surface area contributed by atoms with Gasteiger partial charge in [-0.1, -0.05) is 30.3 Å². The van der Waals surface area contributed by atoms with Gasteiger partial charge in [0.15, 0.2) is 5.78 Å². The predicted octanol–water partition coefficient (Wildman–Crippen LogP) is 3.80.